The summed E-state index contributed by atoms with van der Waals surface area (Å²) in [6.07, 6.45) is 1.17. The van der Waals surface area contributed by atoms with E-state index in [1.165, 1.54) is 11.3 Å². The Hall–Kier alpha value is -1.86. The highest BCUT2D eigenvalue weighted by atomic mass is 35.5. The minimum absolute atomic E-state index is 0.570. The van der Waals surface area contributed by atoms with Crippen LogP contribution in [0.4, 0.5) is 5.82 Å². The number of benzene rings is 2. The van der Waals surface area contributed by atoms with Crippen LogP contribution >= 0.6 is 23.4 Å². The van der Waals surface area contributed by atoms with Crippen molar-refractivity contribution < 1.29 is 0 Å². The van der Waals surface area contributed by atoms with E-state index in [1.807, 2.05) is 54.2 Å². The highest BCUT2D eigenvalue weighted by Crippen LogP contribution is 2.27. The van der Waals surface area contributed by atoms with Crippen LogP contribution in [0.5, 0.6) is 0 Å². The molecule has 0 unspecified atom stereocenters. The van der Waals surface area contributed by atoms with Crippen molar-refractivity contribution in [2.24, 2.45) is 0 Å². The van der Waals surface area contributed by atoms with E-state index >= 15 is 0 Å². The van der Waals surface area contributed by atoms with Gasteiger partial charge in [-0.05, 0) is 43.0 Å². The topological polar surface area (TPSA) is 58.3 Å². The molecule has 0 atom stereocenters. The van der Waals surface area contributed by atoms with Crippen LogP contribution in [-0.4, -0.2) is 58.2 Å². The third-order valence-electron chi connectivity index (χ3n) is 5.22. The first kappa shape index (κ1) is 20.4. The quantitative estimate of drug-likeness (QED) is 0.451. The maximum absolute atomic E-state index is 6.22. The van der Waals surface area contributed by atoms with Crippen LogP contribution in [0.15, 0.2) is 53.4 Å². The highest BCUT2D eigenvalue weighted by Gasteiger charge is 2.18. The summed E-state index contributed by atoms with van der Waals surface area (Å²) in [5, 5.41) is 1.78. The first-order valence-electron chi connectivity index (χ1n) is 10.0. The first-order chi connectivity index (χ1) is 14.2. The second-order valence-corrected chi connectivity index (χ2v) is 8.84. The largest absolute Gasteiger partial charge is 0.383 e. The lowest BCUT2D eigenvalue weighted by Crippen LogP contribution is -2.46. The highest BCUT2D eigenvalue weighted by molar-refractivity contribution is 7.99. The van der Waals surface area contributed by atoms with Crippen LogP contribution in [-0.2, 0) is 6.54 Å². The van der Waals surface area contributed by atoms with Gasteiger partial charge in [0.1, 0.15) is 11.6 Å². The molecule has 2 aromatic carbocycles. The molecule has 0 spiro atoms. The molecule has 29 heavy (non-hydrogen) atoms. The van der Waals surface area contributed by atoms with Gasteiger partial charge in [-0.15, -0.1) is 11.8 Å². The number of halogens is 1. The van der Waals surface area contributed by atoms with Crippen LogP contribution in [0.25, 0.3) is 10.9 Å². The van der Waals surface area contributed by atoms with E-state index in [1.54, 1.807) is 0 Å². The fourth-order valence-corrected chi connectivity index (χ4v) is 4.80. The summed E-state index contributed by atoms with van der Waals surface area (Å²) in [6, 6.07) is 16.0. The fourth-order valence-electron chi connectivity index (χ4n) is 3.62. The molecule has 1 fully saturated rings. The molecule has 4 rings (SSSR count). The van der Waals surface area contributed by atoms with Gasteiger partial charge in [-0.25, -0.2) is 9.97 Å². The molecule has 2 heterocycles. The van der Waals surface area contributed by atoms with Crippen LogP contribution in [0.2, 0.25) is 5.02 Å². The smallest absolute Gasteiger partial charge is 0.145 e. The van der Waals surface area contributed by atoms with E-state index in [2.05, 4.69) is 25.8 Å². The second-order valence-electron chi connectivity index (χ2n) is 7.29. The molecule has 3 aromatic rings. The van der Waals surface area contributed by atoms with Crippen molar-refractivity contribution in [3.8, 4) is 0 Å². The summed E-state index contributed by atoms with van der Waals surface area (Å²) in [6.45, 7) is 6.12. The number of fused-ring (bicyclic) bond motifs is 1. The van der Waals surface area contributed by atoms with Crippen LogP contribution < -0.4 is 5.73 Å². The predicted octanol–water partition coefficient (Wildman–Crippen LogP) is 4.17. The third kappa shape index (κ3) is 5.39. The summed E-state index contributed by atoms with van der Waals surface area (Å²) < 4.78 is 0. The Morgan fingerprint density at radius 1 is 0.931 bits per heavy atom. The SMILES string of the molecule is Nc1nc(CN2CCN(CCCSc3ccccc3Cl)CC2)nc2ccccc12. The Labute approximate surface area is 181 Å². The number of thioether (sulfide) groups is 1. The molecule has 0 aliphatic carbocycles. The Balaban J connectivity index is 1.21. The number of nitrogens with zero attached hydrogens (tertiary/aromatic N) is 4. The summed E-state index contributed by atoms with van der Waals surface area (Å²) >= 11 is 8.06. The van der Waals surface area contributed by atoms with Crippen LogP contribution in [0, 0.1) is 0 Å². The van der Waals surface area contributed by atoms with Gasteiger partial charge in [-0.3, -0.25) is 4.90 Å². The van der Waals surface area contributed by atoms with Crippen LogP contribution in [0.3, 0.4) is 0 Å². The Morgan fingerprint density at radius 3 is 2.48 bits per heavy atom. The lowest BCUT2D eigenvalue weighted by molar-refractivity contribution is 0.125. The zero-order valence-electron chi connectivity index (χ0n) is 16.4. The molecule has 1 aliphatic heterocycles. The zero-order chi connectivity index (χ0) is 20.1. The van der Waals surface area contributed by atoms with Crippen molar-refractivity contribution in [1.29, 1.82) is 0 Å². The second kappa shape index (κ2) is 9.76. The number of aromatic nitrogens is 2. The molecule has 152 valence electrons. The molecule has 1 aliphatic rings. The molecule has 7 heteroatoms. The molecule has 0 bridgehead atoms. The maximum atomic E-state index is 6.22. The minimum atomic E-state index is 0.570. The van der Waals surface area contributed by atoms with Crippen LogP contribution in [0.1, 0.15) is 12.2 Å². The summed E-state index contributed by atoms with van der Waals surface area (Å²) in [4.78, 5) is 15.3. The Morgan fingerprint density at radius 2 is 1.66 bits per heavy atom. The van der Waals surface area contributed by atoms with Gasteiger partial charge in [0.05, 0.1) is 17.1 Å². The number of piperazine rings is 1. The lowest BCUT2D eigenvalue weighted by Gasteiger charge is -2.34. The molecule has 0 radical (unpaired) electrons. The molecule has 1 aromatic heterocycles. The Bertz CT molecular complexity index is 959. The van der Waals surface area contributed by atoms with E-state index in [4.69, 9.17) is 17.3 Å². The lowest BCUT2D eigenvalue weighted by atomic mass is 10.2. The third-order valence-corrected chi connectivity index (χ3v) is 6.82. The van der Waals surface area contributed by atoms with Crippen molar-refractivity contribution in [3.63, 3.8) is 0 Å². The summed E-state index contributed by atoms with van der Waals surface area (Å²) in [5.74, 6) is 2.47. The number of rotatable bonds is 7. The fraction of sp³-hybridized carbons (Fsp3) is 0.364. The molecule has 0 amide bonds. The Kier molecular flexibility index (Phi) is 6.87. The van der Waals surface area contributed by atoms with E-state index in [0.29, 0.717) is 5.82 Å². The number of nitrogen functional groups attached to an aromatic ring is 1. The van der Waals surface area contributed by atoms with Gasteiger partial charge < -0.3 is 10.6 Å². The standard InChI is InChI=1S/C22H26ClN5S/c23-18-7-2-4-9-20(18)29-15-5-10-27-11-13-28(14-12-27)16-21-25-19-8-3-1-6-17(19)22(24)26-21/h1-4,6-9H,5,10-16H2,(H2,24,25,26). The molecule has 2 N–H and O–H groups in total. The van der Waals surface area contributed by atoms with Crippen molar-refractivity contribution in [2.45, 2.75) is 17.9 Å². The molecular weight excluding hydrogens is 402 g/mol. The summed E-state index contributed by atoms with van der Waals surface area (Å²) in [5.41, 5.74) is 7.04. The van der Waals surface area contributed by atoms with Gasteiger partial charge >= 0.3 is 0 Å². The van der Waals surface area contributed by atoms with E-state index in [-0.39, 0.29) is 0 Å². The van der Waals surface area contributed by atoms with Gasteiger partial charge in [0.15, 0.2) is 0 Å². The first-order valence-corrected chi connectivity index (χ1v) is 11.4. The van der Waals surface area contributed by atoms with Gasteiger partial charge in [-0.1, -0.05) is 35.9 Å². The molecular formula is C22H26ClN5S. The number of anilines is 1. The average Bonchev–Trinajstić information content (AvgIpc) is 2.74. The molecule has 1 saturated heterocycles. The maximum Gasteiger partial charge on any atom is 0.145 e. The molecule has 0 saturated carbocycles. The number of hydrogen-bond donors (Lipinski definition) is 1. The number of hydrogen-bond acceptors (Lipinski definition) is 6. The predicted molar refractivity (Wildman–Crippen MR) is 122 cm³/mol. The van der Waals surface area contributed by atoms with E-state index in [9.17, 15) is 0 Å². The average molecular weight is 428 g/mol. The number of para-hydroxylation sites is 1. The van der Waals surface area contributed by atoms with Crippen molar-refractivity contribution in [1.82, 2.24) is 19.8 Å². The van der Waals surface area contributed by atoms with E-state index in [0.717, 1.165) is 66.8 Å². The number of nitrogens with two attached hydrogens (primary N) is 1. The van der Waals surface area contributed by atoms with Gasteiger partial charge in [0, 0.05) is 36.5 Å². The zero-order valence-corrected chi connectivity index (χ0v) is 18.0. The monoisotopic (exact) mass is 427 g/mol. The van der Waals surface area contributed by atoms with E-state index < -0.39 is 0 Å². The van der Waals surface area contributed by atoms with Crippen molar-refractivity contribution in [2.75, 3.05) is 44.2 Å². The minimum Gasteiger partial charge on any atom is -0.383 e. The van der Waals surface area contributed by atoms with Gasteiger partial charge in [0.25, 0.3) is 0 Å². The van der Waals surface area contributed by atoms with Gasteiger partial charge in [0.2, 0.25) is 0 Å². The normalized spacial score (nSPS) is 15.8. The molecule has 5 nitrogen and oxygen atoms in total. The van der Waals surface area contributed by atoms with Gasteiger partial charge in [-0.2, -0.15) is 0 Å². The summed E-state index contributed by atoms with van der Waals surface area (Å²) in [7, 11) is 0. The van der Waals surface area contributed by atoms with Crippen molar-refractivity contribution in [3.05, 3.63) is 59.4 Å². The van der Waals surface area contributed by atoms with Crippen molar-refractivity contribution >= 4 is 40.1 Å².